The van der Waals surface area contributed by atoms with E-state index in [0.717, 1.165) is 19.3 Å². The van der Waals surface area contributed by atoms with Crippen molar-refractivity contribution in [3.63, 3.8) is 0 Å². The lowest BCUT2D eigenvalue weighted by atomic mass is 10.1. The van der Waals surface area contributed by atoms with Gasteiger partial charge < -0.3 is 21.1 Å². The maximum absolute atomic E-state index is 11.8. The number of carbonyl (C=O) groups excluding carboxylic acids is 2. The van der Waals surface area contributed by atoms with E-state index in [-0.39, 0.29) is 18.4 Å². The lowest BCUT2D eigenvalue weighted by Crippen LogP contribution is -2.29. The van der Waals surface area contributed by atoms with E-state index in [4.69, 9.17) is 10.5 Å². The van der Waals surface area contributed by atoms with Gasteiger partial charge >= 0.3 is 0 Å². The third kappa shape index (κ3) is 6.03. The molecule has 0 unspecified atom stereocenters. The van der Waals surface area contributed by atoms with Gasteiger partial charge in [-0.2, -0.15) is 0 Å². The first-order valence-corrected chi connectivity index (χ1v) is 7.65. The van der Waals surface area contributed by atoms with Crippen molar-refractivity contribution < 1.29 is 14.3 Å². The lowest BCUT2D eigenvalue weighted by Gasteiger charge is -2.11. The molecule has 0 aliphatic rings. The van der Waals surface area contributed by atoms with Gasteiger partial charge in [0.15, 0.2) is 6.61 Å². The number of nitrogens with two attached hydrogens (primary N) is 1. The highest BCUT2D eigenvalue weighted by molar-refractivity contribution is 5.95. The van der Waals surface area contributed by atoms with E-state index >= 15 is 0 Å². The Morgan fingerprint density at radius 2 is 1.91 bits per heavy atom. The summed E-state index contributed by atoms with van der Waals surface area (Å²) < 4.78 is 5.38. The van der Waals surface area contributed by atoms with E-state index in [1.165, 1.54) is 0 Å². The van der Waals surface area contributed by atoms with Crippen molar-refractivity contribution in [1.82, 2.24) is 10.6 Å². The second kappa shape index (κ2) is 9.65. The van der Waals surface area contributed by atoms with Gasteiger partial charge in [0.25, 0.3) is 11.8 Å². The van der Waals surface area contributed by atoms with E-state index in [1.54, 1.807) is 18.2 Å². The second-order valence-corrected chi connectivity index (χ2v) is 5.00. The molecule has 6 nitrogen and oxygen atoms in total. The SMILES string of the molecule is CCCCNC(=O)COc1ccc(C(=O)NCCC)cc1N. The molecule has 0 saturated heterocycles. The van der Waals surface area contributed by atoms with Crippen LogP contribution in [-0.2, 0) is 4.79 Å². The van der Waals surface area contributed by atoms with Crippen LogP contribution in [0.4, 0.5) is 5.69 Å². The number of rotatable bonds is 9. The molecule has 0 aliphatic heterocycles. The Hall–Kier alpha value is -2.24. The summed E-state index contributed by atoms with van der Waals surface area (Å²) in [5.41, 5.74) is 6.67. The van der Waals surface area contributed by atoms with Crippen LogP contribution in [0.25, 0.3) is 0 Å². The predicted molar refractivity (Wildman–Crippen MR) is 86.9 cm³/mol. The second-order valence-electron chi connectivity index (χ2n) is 5.00. The Bertz CT molecular complexity index is 503. The van der Waals surface area contributed by atoms with Crippen LogP contribution in [0.2, 0.25) is 0 Å². The van der Waals surface area contributed by atoms with Gasteiger partial charge in [-0.1, -0.05) is 20.3 Å². The van der Waals surface area contributed by atoms with E-state index in [0.29, 0.717) is 30.1 Å². The monoisotopic (exact) mass is 307 g/mol. The standard InChI is InChI=1S/C16H25N3O3/c1-3-5-9-18-15(20)11-22-14-7-6-12(10-13(14)17)16(21)19-8-4-2/h6-7,10H,3-5,8-9,11,17H2,1-2H3,(H,18,20)(H,19,21). The average molecular weight is 307 g/mol. The Morgan fingerprint density at radius 3 is 2.55 bits per heavy atom. The van der Waals surface area contributed by atoms with Crippen molar-refractivity contribution in [2.45, 2.75) is 33.1 Å². The Morgan fingerprint density at radius 1 is 1.14 bits per heavy atom. The number of hydrogen-bond acceptors (Lipinski definition) is 4. The minimum Gasteiger partial charge on any atom is -0.482 e. The van der Waals surface area contributed by atoms with E-state index < -0.39 is 0 Å². The van der Waals surface area contributed by atoms with Gasteiger partial charge in [-0.15, -0.1) is 0 Å². The summed E-state index contributed by atoms with van der Waals surface area (Å²) in [6.45, 7) is 5.22. The molecule has 0 aromatic heterocycles. The fourth-order valence-corrected chi connectivity index (χ4v) is 1.76. The van der Waals surface area contributed by atoms with Crippen LogP contribution in [0.5, 0.6) is 5.75 Å². The van der Waals surface area contributed by atoms with Crippen molar-refractivity contribution in [1.29, 1.82) is 0 Å². The van der Waals surface area contributed by atoms with Crippen LogP contribution < -0.4 is 21.1 Å². The first kappa shape index (κ1) is 17.8. The zero-order valence-electron chi connectivity index (χ0n) is 13.3. The molecule has 6 heteroatoms. The minimum absolute atomic E-state index is 0.0880. The van der Waals surface area contributed by atoms with Gasteiger partial charge in [-0.05, 0) is 31.0 Å². The normalized spacial score (nSPS) is 10.1. The molecule has 0 fully saturated rings. The molecule has 0 radical (unpaired) electrons. The highest BCUT2D eigenvalue weighted by atomic mass is 16.5. The van der Waals surface area contributed by atoms with E-state index in [2.05, 4.69) is 17.6 Å². The van der Waals surface area contributed by atoms with Gasteiger partial charge in [0, 0.05) is 18.7 Å². The summed E-state index contributed by atoms with van der Waals surface area (Å²) in [7, 11) is 0. The molecule has 1 aromatic carbocycles. The van der Waals surface area contributed by atoms with Gasteiger partial charge in [0.2, 0.25) is 0 Å². The molecule has 4 N–H and O–H groups in total. The Balaban J connectivity index is 2.51. The number of nitrogens with one attached hydrogen (secondary N) is 2. The van der Waals surface area contributed by atoms with Crippen molar-refractivity contribution in [2.75, 3.05) is 25.4 Å². The summed E-state index contributed by atoms with van der Waals surface area (Å²) in [6, 6.07) is 4.79. The lowest BCUT2D eigenvalue weighted by molar-refractivity contribution is -0.123. The number of anilines is 1. The Kier molecular flexibility index (Phi) is 7.81. The van der Waals surface area contributed by atoms with Crippen LogP contribution in [-0.4, -0.2) is 31.5 Å². The topological polar surface area (TPSA) is 93.4 Å². The number of unbranched alkanes of at least 4 members (excludes halogenated alkanes) is 1. The fraction of sp³-hybridized carbons (Fsp3) is 0.500. The summed E-state index contributed by atoms with van der Waals surface area (Å²) in [4.78, 5) is 23.4. The first-order chi connectivity index (χ1) is 10.6. The van der Waals surface area contributed by atoms with Crippen molar-refractivity contribution in [3.8, 4) is 5.75 Å². The largest absolute Gasteiger partial charge is 0.482 e. The molecule has 2 amide bonds. The number of hydrogen-bond donors (Lipinski definition) is 3. The predicted octanol–water partition coefficient (Wildman–Crippen LogP) is 1.70. The molecule has 22 heavy (non-hydrogen) atoms. The number of ether oxygens (including phenoxy) is 1. The summed E-state index contributed by atoms with van der Waals surface area (Å²) in [5.74, 6) is 0.0488. The maximum Gasteiger partial charge on any atom is 0.257 e. The van der Waals surface area contributed by atoms with Crippen LogP contribution in [0.15, 0.2) is 18.2 Å². The molecule has 0 heterocycles. The van der Waals surface area contributed by atoms with Crippen molar-refractivity contribution in [2.24, 2.45) is 0 Å². The zero-order valence-corrected chi connectivity index (χ0v) is 13.3. The van der Waals surface area contributed by atoms with Gasteiger partial charge in [0.1, 0.15) is 5.75 Å². The van der Waals surface area contributed by atoms with E-state index in [1.807, 2.05) is 6.92 Å². The molecule has 0 spiro atoms. The summed E-state index contributed by atoms with van der Waals surface area (Å²) >= 11 is 0. The zero-order chi connectivity index (χ0) is 16.4. The van der Waals surface area contributed by atoms with Gasteiger partial charge in [-0.25, -0.2) is 0 Å². The van der Waals surface area contributed by atoms with E-state index in [9.17, 15) is 9.59 Å². The summed E-state index contributed by atoms with van der Waals surface area (Å²) in [5, 5.41) is 5.53. The smallest absolute Gasteiger partial charge is 0.257 e. The van der Waals surface area contributed by atoms with Crippen LogP contribution in [0.1, 0.15) is 43.5 Å². The molecule has 0 saturated carbocycles. The molecule has 1 rings (SSSR count). The average Bonchev–Trinajstić information content (AvgIpc) is 2.51. The molecule has 1 aromatic rings. The van der Waals surface area contributed by atoms with Crippen molar-refractivity contribution in [3.05, 3.63) is 23.8 Å². The maximum atomic E-state index is 11.8. The molecular weight excluding hydrogens is 282 g/mol. The molecule has 122 valence electrons. The third-order valence-corrected chi connectivity index (χ3v) is 3.02. The van der Waals surface area contributed by atoms with Gasteiger partial charge in [-0.3, -0.25) is 9.59 Å². The fourth-order valence-electron chi connectivity index (χ4n) is 1.76. The van der Waals surface area contributed by atoms with Crippen LogP contribution in [0.3, 0.4) is 0 Å². The Labute approximate surface area is 131 Å². The number of amides is 2. The molecular formula is C16H25N3O3. The van der Waals surface area contributed by atoms with Crippen LogP contribution >= 0.6 is 0 Å². The highest BCUT2D eigenvalue weighted by Crippen LogP contribution is 2.22. The third-order valence-electron chi connectivity index (χ3n) is 3.02. The van der Waals surface area contributed by atoms with Crippen LogP contribution in [0, 0.1) is 0 Å². The quantitative estimate of drug-likeness (QED) is 0.478. The highest BCUT2D eigenvalue weighted by Gasteiger charge is 2.09. The number of benzene rings is 1. The minimum atomic E-state index is -0.183. The first-order valence-electron chi connectivity index (χ1n) is 7.65. The molecule has 0 bridgehead atoms. The molecule has 0 atom stereocenters. The van der Waals surface area contributed by atoms with Crippen molar-refractivity contribution >= 4 is 17.5 Å². The molecule has 0 aliphatic carbocycles. The summed E-state index contributed by atoms with van der Waals surface area (Å²) in [6.07, 6.45) is 2.83. The van der Waals surface area contributed by atoms with Gasteiger partial charge in [0.05, 0.1) is 5.69 Å². The number of nitrogen functional groups attached to an aromatic ring is 1. The number of carbonyl (C=O) groups is 2.